The van der Waals surface area contributed by atoms with Crippen molar-refractivity contribution in [2.75, 3.05) is 19.6 Å². The van der Waals surface area contributed by atoms with E-state index >= 15 is 0 Å². The summed E-state index contributed by atoms with van der Waals surface area (Å²) in [6, 6.07) is 1.94. The van der Waals surface area contributed by atoms with Gasteiger partial charge in [-0.15, -0.1) is 0 Å². The second kappa shape index (κ2) is 4.57. The molecule has 1 fully saturated rings. The molecule has 1 aromatic rings. The molecule has 1 aromatic heterocycles. The number of rotatable bonds is 3. The first-order valence-corrected chi connectivity index (χ1v) is 5.22. The first-order chi connectivity index (χ1) is 6.84. The van der Waals surface area contributed by atoms with Crippen LogP contribution in [-0.4, -0.2) is 45.5 Å². The van der Waals surface area contributed by atoms with Crippen LogP contribution in [0.4, 0.5) is 0 Å². The maximum atomic E-state index is 9.47. The molecule has 0 bridgehead atoms. The van der Waals surface area contributed by atoms with E-state index < -0.39 is 0 Å². The van der Waals surface area contributed by atoms with E-state index in [-0.39, 0.29) is 6.10 Å². The Balaban J connectivity index is 1.75. The smallest absolute Gasteiger partial charge is 0.0667 e. The maximum absolute atomic E-state index is 9.47. The molecule has 1 N–H and O–H groups in total. The molecular weight excluding hydrogens is 178 g/mol. The summed E-state index contributed by atoms with van der Waals surface area (Å²) in [4.78, 5) is 2.30. The van der Waals surface area contributed by atoms with Crippen molar-refractivity contribution < 1.29 is 5.11 Å². The lowest BCUT2D eigenvalue weighted by molar-refractivity contribution is 0.0684. The third-order valence-corrected chi connectivity index (χ3v) is 2.69. The van der Waals surface area contributed by atoms with E-state index in [0.717, 1.165) is 39.0 Å². The quantitative estimate of drug-likeness (QED) is 0.756. The number of likely N-dealkylation sites (tertiary alicyclic amines) is 1. The lowest BCUT2D eigenvalue weighted by Crippen LogP contribution is -2.39. The Bertz CT molecular complexity index is 260. The highest BCUT2D eigenvalue weighted by Gasteiger charge is 2.16. The van der Waals surface area contributed by atoms with Crippen LogP contribution in [-0.2, 0) is 6.54 Å². The average molecular weight is 195 g/mol. The first kappa shape index (κ1) is 9.68. The highest BCUT2D eigenvalue weighted by molar-refractivity contribution is 4.78. The zero-order chi connectivity index (χ0) is 9.80. The van der Waals surface area contributed by atoms with Gasteiger partial charge >= 0.3 is 0 Å². The summed E-state index contributed by atoms with van der Waals surface area (Å²) in [6.07, 6.45) is 5.71. The average Bonchev–Trinajstić information content (AvgIpc) is 2.67. The number of nitrogens with zero attached hydrogens (tertiary/aromatic N) is 3. The van der Waals surface area contributed by atoms with Crippen LogP contribution >= 0.6 is 0 Å². The van der Waals surface area contributed by atoms with Crippen LogP contribution in [0.2, 0.25) is 0 Å². The maximum Gasteiger partial charge on any atom is 0.0667 e. The van der Waals surface area contributed by atoms with Crippen LogP contribution < -0.4 is 0 Å². The van der Waals surface area contributed by atoms with Gasteiger partial charge in [-0.05, 0) is 25.5 Å². The molecule has 4 nitrogen and oxygen atoms in total. The van der Waals surface area contributed by atoms with Gasteiger partial charge in [-0.3, -0.25) is 9.58 Å². The van der Waals surface area contributed by atoms with E-state index in [1.165, 1.54) is 0 Å². The molecule has 2 heterocycles. The van der Waals surface area contributed by atoms with E-state index in [4.69, 9.17) is 0 Å². The lowest BCUT2D eigenvalue weighted by atomic mass is 10.1. The molecule has 78 valence electrons. The van der Waals surface area contributed by atoms with Gasteiger partial charge in [-0.1, -0.05) is 0 Å². The van der Waals surface area contributed by atoms with Crippen LogP contribution in [0.5, 0.6) is 0 Å². The summed E-state index contributed by atoms with van der Waals surface area (Å²) in [5.41, 5.74) is 0. The van der Waals surface area contributed by atoms with Crippen molar-refractivity contribution in [1.29, 1.82) is 0 Å². The molecule has 0 saturated carbocycles. The van der Waals surface area contributed by atoms with Gasteiger partial charge in [0.1, 0.15) is 0 Å². The van der Waals surface area contributed by atoms with Gasteiger partial charge in [0.05, 0.1) is 12.6 Å². The van der Waals surface area contributed by atoms with Crippen LogP contribution in [0, 0.1) is 0 Å². The molecule has 2 rings (SSSR count). The van der Waals surface area contributed by atoms with Gasteiger partial charge in [0.25, 0.3) is 0 Å². The SMILES string of the molecule is OC1CCCN(CCn2cccn2)C1. The first-order valence-electron chi connectivity index (χ1n) is 5.22. The van der Waals surface area contributed by atoms with Crippen molar-refractivity contribution in [3.8, 4) is 0 Å². The third-order valence-electron chi connectivity index (χ3n) is 2.69. The monoisotopic (exact) mass is 195 g/mol. The molecule has 14 heavy (non-hydrogen) atoms. The minimum absolute atomic E-state index is 0.124. The van der Waals surface area contributed by atoms with Gasteiger partial charge in [0.2, 0.25) is 0 Å². The highest BCUT2D eigenvalue weighted by atomic mass is 16.3. The summed E-state index contributed by atoms with van der Waals surface area (Å²) in [5, 5.41) is 13.6. The van der Waals surface area contributed by atoms with Gasteiger partial charge < -0.3 is 5.11 Å². The van der Waals surface area contributed by atoms with E-state index in [0.29, 0.717) is 0 Å². The van der Waals surface area contributed by atoms with Gasteiger partial charge in [-0.2, -0.15) is 5.10 Å². The van der Waals surface area contributed by atoms with Crippen molar-refractivity contribution in [2.45, 2.75) is 25.5 Å². The fraction of sp³-hybridized carbons (Fsp3) is 0.700. The number of β-amino-alcohol motifs (C(OH)–C–C–N with tert-alkyl or cyclic N) is 1. The molecule has 1 atom stereocenters. The van der Waals surface area contributed by atoms with E-state index in [9.17, 15) is 5.11 Å². The Morgan fingerprint density at radius 1 is 1.43 bits per heavy atom. The zero-order valence-electron chi connectivity index (χ0n) is 8.34. The number of aliphatic hydroxyl groups excluding tert-OH is 1. The fourth-order valence-corrected chi connectivity index (χ4v) is 1.91. The standard InChI is InChI=1S/C10H17N3O/c14-10-3-1-5-12(9-10)7-8-13-6-2-4-11-13/h2,4,6,10,14H,1,3,5,7-9H2. The second-order valence-corrected chi connectivity index (χ2v) is 3.87. The summed E-state index contributed by atoms with van der Waals surface area (Å²) in [6.45, 7) is 3.83. The predicted octanol–water partition coefficient (Wildman–Crippen LogP) is 0.340. The molecule has 1 aliphatic rings. The lowest BCUT2D eigenvalue weighted by Gasteiger charge is -2.29. The molecule has 1 aliphatic heterocycles. The zero-order valence-corrected chi connectivity index (χ0v) is 8.34. The molecule has 4 heteroatoms. The number of hydrogen-bond acceptors (Lipinski definition) is 3. The van der Waals surface area contributed by atoms with E-state index in [1.807, 2.05) is 16.9 Å². The van der Waals surface area contributed by atoms with Crippen molar-refractivity contribution >= 4 is 0 Å². The minimum atomic E-state index is -0.124. The number of hydrogen-bond donors (Lipinski definition) is 1. The largest absolute Gasteiger partial charge is 0.392 e. The second-order valence-electron chi connectivity index (χ2n) is 3.87. The van der Waals surface area contributed by atoms with Crippen molar-refractivity contribution in [2.24, 2.45) is 0 Å². The highest BCUT2D eigenvalue weighted by Crippen LogP contribution is 2.09. The molecule has 0 amide bonds. The molecular formula is C10H17N3O. The van der Waals surface area contributed by atoms with Crippen LogP contribution in [0.3, 0.4) is 0 Å². The van der Waals surface area contributed by atoms with Crippen molar-refractivity contribution in [3.05, 3.63) is 18.5 Å². The summed E-state index contributed by atoms with van der Waals surface area (Å²) in [7, 11) is 0. The van der Waals surface area contributed by atoms with E-state index in [2.05, 4.69) is 10.00 Å². The van der Waals surface area contributed by atoms with Crippen LogP contribution in [0.15, 0.2) is 18.5 Å². The molecule has 1 saturated heterocycles. The number of aliphatic hydroxyl groups is 1. The Kier molecular flexibility index (Phi) is 3.16. The van der Waals surface area contributed by atoms with Crippen molar-refractivity contribution in [3.63, 3.8) is 0 Å². The normalized spacial score (nSPS) is 23.9. The molecule has 0 radical (unpaired) electrons. The molecule has 1 unspecified atom stereocenters. The van der Waals surface area contributed by atoms with Crippen LogP contribution in [0.25, 0.3) is 0 Å². The Morgan fingerprint density at radius 2 is 2.36 bits per heavy atom. The van der Waals surface area contributed by atoms with Gasteiger partial charge in [-0.25, -0.2) is 0 Å². The predicted molar refractivity (Wildman–Crippen MR) is 53.9 cm³/mol. The minimum Gasteiger partial charge on any atom is -0.392 e. The molecule has 0 aromatic carbocycles. The fourth-order valence-electron chi connectivity index (χ4n) is 1.91. The third kappa shape index (κ3) is 2.56. The molecule has 0 aliphatic carbocycles. The van der Waals surface area contributed by atoms with Crippen LogP contribution in [0.1, 0.15) is 12.8 Å². The van der Waals surface area contributed by atoms with Crippen molar-refractivity contribution in [1.82, 2.24) is 14.7 Å². The number of aromatic nitrogens is 2. The molecule has 0 spiro atoms. The van der Waals surface area contributed by atoms with E-state index in [1.54, 1.807) is 6.20 Å². The Labute approximate surface area is 84.1 Å². The summed E-state index contributed by atoms with van der Waals surface area (Å²) in [5.74, 6) is 0. The van der Waals surface area contributed by atoms with Gasteiger partial charge in [0.15, 0.2) is 0 Å². The van der Waals surface area contributed by atoms with Gasteiger partial charge in [0, 0.05) is 25.5 Å². The summed E-state index contributed by atoms with van der Waals surface area (Å²) >= 11 is 0. The topological polar surface area (TPSA) is 41.3 Å². The Morgan fingerprint density at radius 3 is 3.07 bits per heavy atom. The number of piperidine rings is 1. The summed E-state index contributed by atoms with van der Waals surface area (Å²) < 4.78 is 1.93. The Hall–Kier alpha value is -0.870.